The van der Waals surface area contributed by atoms with E-state index in [4.69, 9.17) is 0 Å². The van der Waals surface area contributed by atoms with E-state index in [-0.39, 0.29) is 11.7 Å². The molecule has 0 atom stereocenters. The SMILES string of the molecule is Cc1cc(F)cc2c1N(C(=O)c1ccc3ccccc3n1)CCC2. The van der Waals surface area contributed by atoms with E-state index < -0.39 is 0 Å². The van der Waals surface area contributed by atoms with Crippen LogP contribution in [0.4, 0.5) is 10.1 Å². The van der Waals surface area contributed by atoms with Gasteiger partial charge in [0.15, 0.2) is 0 Å². The number of anilines is 1. The highest BCUT2D eigenvalue weighted by Gasteiger charge is 2.26. The molecule has 2 heterocycles. The standard InChI is InChI=1S/C20H17FN2O/c1-13-11-16(21)12-15-6-4-10-23(19(13)15)20(24)18-9-8-14-5-2-3-7-17(14)22-18/h2-3,5,7-9,11-12H,4,6,10H2,1H3. The Kier molecular flexibility index (Phi) is 3.53. The Balaban J connectivity index is 1.78. The summed E-state index contributed by atoms with van der Waals surface area (Å²) < 4.78 is 13.7. The monoisotopic (exact) mass is 320 g/mol. The number of halogens is 1. The lowest BCUT2D eigenvalue weighted by Crippen LogP contribution is -2.36. The number of hydrogen-bond donors (Lipinski definition) is 0. The molecule has 0 spiro atoms. The number of fused-ring (bicyclic) bond motifs is 2. The Labute approximate surface area is 139 Å². The molecule has 0 bridgehead atoms. The predicted octanol–water partition coefficient (Wildman–Crippen LogP) is 4.28. The predicted molar refractivity (Wildman–Crippen MR) is 92.9 cm³/mol. The van der Waals surface area contributed by atoms with E-state index in [2.05, 4.69) is 4.98 Å². The van der Waals surface area contributed by atoms with Crippen LogP contribution in [0.25, 0.3) is 10.9 Å². The molecule has 0 fully saturated rings. The minimum Gasteiger partial charge on any atom is -0.306 e. The molecule has 0 radical (unpaired) electrons. The van der Waals surface area contributed by atoms with Crippen molar-refractivity contribution in [3.05, 3.63) is 71.2 Å². The average Bonchev–Trinajstić information content (AvgIpc) is 2.60. The number of aryl methyl sites for hydroxylation is 2. The summed E-state index contributed by atoms with van der Waals surface area (Å²) in [6, 6.07) is 14.4. The normalized spacial score (nSPS) is 13.8. The van der Waals surface area contributed by atoms with Gasteiger partial charge in [-0.15, -0.1) is 0 Å². The minimum atomic E-state index is -0.246. The van der Waals surface area contributed by atoms with E-state index in [1.165, 1.54) is 12.1 Å². The summed E-state index contributed by atoms with van der Waals surface area (Å²) in [5, 5.41) is 1.01. The summed E-state index contributed by atoms with van der Waals surface area (Å²) >= 11 is 0. The van der Waals surface area contributed by atoms with Crippen molar-refractivity contribution in [2.75, 3.05) is 11.4 Å². The van der Waals surface area contributed by atoms with Gasteiger partial charge in [-0.3, -0.25) is 4.79 Å². The van der Waals surface area contributed by atoms with Crippen molar-refractivity contribution < 1.29 is 9.18 Å². The zero-order valence-corrected chi connectivity index (χ0v) is 13.4. The number of rotatable bonds is 1. The van der Waals surface area contributed by atoms with E-state index in [9.17, 15) is 9.18 Å². The second kappa shape index (κ2) is 5.71. The number of benzene rings is 2. The maximum Gasteiger partial charge on any atom is 0.276 e. The van der Waals surface area contributed by atoms with Crippen molar-refractivity contribution in [1.29, 1.82) is 0 Å². The van der Waals surface area contributed by atoms with Crippen LogP contribution in [0.1, 0.15) is 28.0 Å². The molecule has 24 heavy (non-hydrogen) atoms. The molecule has 3 aromatic rings. The van der Waals surface area contributed by atoms with Gasteiger partial charge in [0.25, 0.3) is 5.91 Å². The van der Waals surface area contributed by atoms with Gasteiger partial charge in [0.1, 0.15) is 11.5 Å². The third-order valence-corrected chi connectivity index (χ3v) is 4.50. The number of para-hydroxylation sites is 1. The van der Waals surface area contributed by atoms with Crippen LogP contribution in [0, 0.1) is 12.7 Å². The Morgan fingerprint density at radius 1 is 1.17 bits per heavy atom. The maximum absolute atomic E-state index is 13.7. The zero-order valence-electron chi connectivity index (χ0n) is 13.4. The van der Waals surface area contributed by atoms with Gasteiger partial charge in [-0.1, -0.05) is 24.3 Å². The van der Waals surface area contributed by atoms with Gasteiger partial charge in [-0.05, 0) is 55.2 Å². The molecule has 3 nitrogen and oxygen atoms in total. The fourth-order valence-corrected chi connectivity index (χ4v) is 3.45. The fraction of sp³-hybridized carbons (Fsp3) is 0.200. The average molecular weight is 320 g/mol. The first-order valence-electron chi connectivity index (χ1n) is 8.10. The second-order valence-electron chi connectivity index (χ2n) is 6.18. The van der Waals surface area contributed by atoms with Crippen LogP contribution >= 0.6 is 0 Å². The minimum absolute atomic E-state index is 0.128. The molecule has 120 valence electrons. The molecule has 1 aromatic heterocycles. The van der Waals surface area contributed by atoms with Gasteiger partial charge >= 0.3 is 0 Å². The van der Waals surface area contributed by atoms with Gasteiger partial charge in [0.05, 0.1) is 11.2 Å². The topological polar surface area (TPSA) is 33.2 Å². The third kappa shape index (κ3) is 2.44. The fourth-order valence-electron chi connectivity index (χ4n) is 3.45. The molecular weight excluding hydrogens is 303 g/mol. The lowest BCUT2D eigenvalue weighted by atomic mass is 9.97. The molecule has 0 saturated carbocycles. The summed E-state index contributed by atoms with van der Waals surface area (Å²) in [5.74, 6) is -0.374. The lowest BCUT2D eigenvalue weighted by molar-refractivity contribution is 0.0980. The van der Waals surface area contributed by atoms with Crippen molar-refractivity contribution in [2.45, 2.75) is 19.8 Å². The highest BCUT2D eigenvalue weighted by molar-refractivity contribution is 6.06. The molecule has 4 heteroatoms. The van der Waals surface area contributed by atoms with Gasteiger partial charge in [0.2, 0.25) is 0 Å². The molecule has 0 unspecified atom stereocenters. The lowest BCUT2D eigenvalue weighted by Gasteiger charge is -2.31. The number of nitrogens with zero attached hydrogens (tertiary/aromatic N) is 2. The highest BCUT2D eigenvalue weighted by Crippen LogP contribution is 2.32. The number of amides is 1. The molecule has 0 saturated heterocycles. The van der Waals surface area contributed by atoms with Crippen LogP contribution in [-0.2, 0) is 6.42 Å². The summed E-state index contributed by atoms with van der Waals surface area (Å²) in [6.07, 6.45) is 1.62. The van der Waals surface area contributed by atoms with Crippen molar-refractivity contribution in [1.82, 2.24) is 4.98 Å². The van der Waals surface area contributed by atoms with Gasteiger partial charge in [-0.25, -0.2) is 9.37 Å². The van der Waals surface area contributed by atoms with Crippen LogP contribution in [-0.4, -0.2) is 17.4 Å². The van der Waals surface area contributed by atoms with Gasteiger partial charge in [-0.2, -0.15) is 0 Å². The quantitative estimate of drug-likeness (QED) is 0.670. The van der Waals surface area contributed by atoms with Crippen LogP contribution in [0.15, 0.2) is 48.5 Å². The smallest absolute Gasteiger partial charge is 0.276 e. The Morgan fingerprint density at radius 2 is 2.00 bits per heavy atom. The molecular formula is C20H17FN2O. The first-order chi connectivity index (χ1) is 11.6. The van der Waals surface area contributed by atoms with E-state index >= 15 is 0 Å². The maximum atomic E-state index is 13.7. The van der Waals surface area contributed by atoms with Crippen molar-refractivity contribution >= 4 is 22.5 Å². The van der Waals surface area contributed by atoms with E-state index in [0.29, 0.717) is 12.2 Å². The summed E-state index contributed by atoms with van der Waals surface area (Å²) in [4.78, 5) is 19.3. The summed E-state index contributed by atoms with van der Waals surface area (Å²) in [5.41, 5.74) is 3.75. The van der Waals surface area contributed by atoms with E-state index in [1.54, 1.807) is 11.0 Å². The molecule has 1 amide bonds. The van der Waals surface area contributed by atoms with E-state index in [0.717, 1.165) is 40.6 Å². The van der Waals surface area contributed by atoms with Crippen LogP contribution < -0.4 is 4.90 Å². The Morgan fingerprint density at radius 3 is 2.88 bits per heavy atom. The summed E-state index contributed by atoms with van der Waals surface area (Å²) in [6.45, 7) is 2.48. The number of pyridine rings is 1. The number of carbonyl (C=O) groups excluding carboxylic acids is 1. The molecule has 2 aromatic carbocycles. The first kappa shape index (κ1) is 14.8. The second-order valence-corrected chi connectivity index (χ2v) is 6.18. The van der Waals surface area contributed by atoms with Crippen molar-refractivity contribution in [3.63, 3.8) is 0 Å². The number of aromatic nitrogens is 1. The molecule has 1 aliphatic rings. The zero-order chi connectivity index (χ0) is 16.7. The van der Waals surface area contributed by atoms with Crippen LogP contribution in [0.2, 0.25) is 0 Å². The largest absolute Gasteiger partial charge is 0.306 e. The molecule has 0 N–H and O–H groups in total. The molecule has 1 aliphatic heterocycles. The van der Waals surface area contributed by atoms with Gasteiger partial charge in [0, 0.05) is 11.9 Å². The van der Waals surface area contributed by atoms with Crippen molar-refractivity contribution in [2.24, 2.45) is 0 Å². The summed E-state index contributed by atoms with van der Waals surface area (Å²) in [7, 11) is 0. The van der Waals surface area contributed by atoms with Crippen LogP contribution in [0.3, 0.4) is 0 Å². The van der Waals surface area contributed by atoms with E-state index in [1.807, 2.05) is 37.3 Å². The number of carbonyl (C=O) groups is 1. The molecule has 0 aliphatic carbocycles. The van der Waals surface area contributed by atoms with Crippen molar-refractivity contribution in [3.8, 4) is 0 Å². The van der Waals surface area contributed by atoms with Gasteiger partial charge < -0.3 is 4.90 Å². The molecule has 4 rings (SSSR count). The third-order valence-electron chi connectivity index (χ3n) is 4.50. The highest BCUT2D eigenvalue weighted by atomic mass is 19.1. The Hall–Kier alpha value is -2.75. The number of hydrogen-bond acceptors (Lipinski definition) is 2. The Bertz CT molecular complexity index is 952. The van der Waals surface area contributed by atoms with Crippen LogP contribution in [0.5, 0.6) is 0 Å². The first-order valence-corrected chi connectivity index (χ1v) is 8.10.